The van der Waals surface area contributed by atoms with E-state index in [9.17, 15) is 0 Å². The molecule has 0 saturated carbocycles. The molecular weight excluding hydrogens is 787 g/mol. The normalized spacial score (nSPS) is 11.7. The first-order valence-electron chi connectivity index (χ1n) is 22.2. The molecule has 0 amide bonds. The van der Waals surface area contributed by atoms with E-state index in [4.69, 9.17) is 9.97 Å². The van der Waals surface area contributed by atoms with Gasteiger partial charge in [-0.1, -0.05) is 182 Å². The van der Waals surface area contributed by atoms with Gasteiger partial charge in [-0.3, -0.25) is 0 Å². The van der Waals surface area contributed by atoms with Gasteiger partial charge in [0.25, 0.3) is 0 Å². The fourth-order valence-electron chi connectivity index (χ4n) is 9.87. The number of aromatic nitrogens is 3. The molecule has 0 bridgehead atoms. The van der Waals surface area contributed by atoms with E-state index < -0.39 is 0 Å². The lowest BCUT2D eigenvalue weighted by Gasteiger charge is -2.20. The summed E-state index contributed by atoms with van der Waals surface area (Å²) in [6.45, 7) is 0. The Labute approximate surface area is 376 Å². The molecular formula is C62H39N3. The van der Waals surface area contributed by atoms with Crippen LogP contribution in [0.2, 0.25) is 0 Å². The fraction of sp³-hybridized carbons (Fsp3) is 0. The smallest absolute Gasteiger partial charge is 0.161 e. The summed E-state index contributed by atoms with van der Waals surface area (Å²) in [5.41, 5.74) is 12.5. The summed E-state index contributed by atoms with van der Waals surface area (Å²) in [5, 5.41) is 12.0. The van der Waals surface area contributed by atoms with Gasteiger partial charge in [-0.2, -0.15) is 0 Å². The first-order chi connectivity index (χ1) is 32.2. The molecule has 0 N–H and O–H groups in total. The molecule has 11 aromatic carbocycles. The van der Waals surface area contributed by atoms with Gasteiger partial charge in [-0.25, -0.2) is 9.97 Å². The summed E-state index contributed by atoms with van der Waals surface area (Å²) in [5.74, 6) is 0.668. The highest BCUT2D eigenvalue weighted by molar-refractivity contribution is 6.17. The summed E-state index contributed by atoms with van der Waals surface area (Å²) in [7, 11) is 0. The summed E-state index contributed by atoms with van der Waals surface area (Å²) >= 11 is 0. The predicted molar refractivity (Wildman–Crippen MR) is 274 cm³/mol. The van der Waals surface area contributed by atoms with E-state index in [1.54, 1.807) is 0 Å². The monoisotopic (exact) mass is 825 g/mol. The van der Waals surface area contributed by atoms with Gasteiger partial charge in [0.15, 0.2) is 5.82 Å². The van der Waals surface area contributed by atoms with E-state index in [0.29, 0.717) is 5.82 Å². The second-order valence-corrected chi connectivity index (χ2v) is 17.0. The van der Waals surface area contributed by atoms with Crippen LogP contribution in [-0.2, 0) is 0 Å². The minimum absolute atomic E-state index is 0.668. The largest absolute Gasteiger partial charge is 0.309 e. The quantitative estimate of drug-likeness (QED) is 0.167. The van der Waals surface area contributed by atoms with Crippen LogP contribution in [-0.4, -0.2) is 14.5 Å². The summed E-state index contributed by atoms with van der Waals surface area (Å²) in [6, 6.07) is 85.6. The first kappa shape index (κ1) is 36.9. The van der Waals surface area contributed by atoms with Gasteiger partial charge in [0.1, 0.15) is 0 Å². The van der Waals surface area contributed by atoms with Gasteiger partial charge in [-0.05, 0) is 114 Å². The third-order valence-electron chi connectivity index (χ3n) is 13.1. The van der Waals surface area contributed by atoms with Crippen LogP contribution >= 0.6 is 0 Å². The topological polar surface area (TPSA) is 30.7 Å². The van der Waals surface area contributed by atoms with E-state index in [1.807, 2.05) is 0 Å². The highest BCUT2D eigenvalue weighted by Crippen LogP contribution is 2.45. The van der Waals surface area contributed by atoms with E-state index in [2.05, 4.69) is 241 Å². The number of nitrogens with zero attached hydrogens (tertiary/aromatic N) is 3. The second-order valence-electron chi connectivity index (χ2n) is 17.0. The van der Waals surface area contributed by atoms with Gasteiger partial charge in [0.2, 0.25) is 0 Å². The minimum Gasteiger partial charge on any atom is -0.309 e. The van der Waals surface area contributed by atoms with E-state index in [1.165, 1.54) is 53.9 Å². The Hall–Kier alpha value is -8.66. The van der Waals surface area contributed by atoms with Crippen LogP contribution < -0.4 is 0 Å². The maximum atomic E-state index is 5.52. The molecule has 13 rings (SSSR count). The average Bonchev–Trinajstić information content (AvgIpc) is 3.68. The molecule has 3 heteroatoms. The lowest BCUT2D eigenvalue weighted by molar-refractivity contribution is 1.17. The molecule has 3 nitrogen and oxygen atoms in total. The second kappa shape index (κ2) is 15.0. The maximum absolute atomic E-state index is 5.52. The fourth-order valence-corrected chi connectivity index (χ4v) is 9.87. The van der Waals surface area contributed by atoms with Crippen LogP contribution in [0.3, 0.4) is 0 Å². The molecule has 0 radical (unpaired) electrons. The Balaban J connectivity index is 1.16. The Morgan fingerprint density at radius 1 is 0.262 bits per heavy atom. The molecule has 0 fully saturated rings. The molecule has 2 heterocycles. The van der Waals surface area contributed by atoms with Crippen LogP contribution in [0.1, 0.15) is 0 Å². The van der Waals surface area contributed by atoms with Crippen molar-refractivity contribution < 1.29 is 0 Å². The van der Waals surface area contributed by atoms with Crippen molar-refractivity contribution in [2.45, 2.75) is 0 Å². The van der Waals surface area contributed by atoms with Crippen molar-refractivity contribution in [1.82, 2.24) is 14.5 Å². The lowest BCUT2D eigenvalue weighted by atomic mass is 9.91. The van der Waals surface area contributed by atoms with Crippen molar-refractivity contribution in [2.24, 2.45) is 0 Å². The molecule has 0 unspecified atom stereocenters. The van der Waals surface area contributed by atoms with Crippen LogP contribution in [0.5, 0.6) is 0 Å². The maximum Gasteiger partial charge on any atom is 0.161 e. The Kier molecular flexibility index (Phi) is 8.53. The zero-order valence-corrected chi connectivity index (χ0v) is 35.4. The standard InChI is InChI=1S/C62H39N3/c1-3-17-42(18-4-1)52-38-61(65-59-35-48-25-13-11-23-46(48)33-54(59)55-34-47-24-12-14-26-49(47)36-60(55)65)53(50-29-27-40-15-7-9-21-44(40)31-50)37-56(52)62-63-57(43-19-5-2-6-20-43)39-58(64-62)51-30-28-41-16-8-10-22-45(41)32-51/h1-39H. The van der Waals surface area contributed by atoms with Crippen molar-refractivity contribution in [1.29, 1.82) is 0 Å². The molecule has 0 saturated heterocycles. The van der Waals surface area contributed by atoms with Crippen LogP contribution in [0.15, 0.2) is 237 Å². The molecule has 0 aliphatic carbocycles. The third kappa shape index (κ3) is 6.36. The summed E-state index contributed by atoms with van der Waals surface area (Å²) < 4.78 is 2.51. The van der Waals surface area contributed by atoms with Gasteiger partial charge >= 0.3 is 0 Å². The highest BCUT2D eigenvalue weighted by atomic mass is 15.0. The molecule has 0 aliphatic rings. The number of hydrogen-bond donors (Lipinski definition) is 0. The molecule has 0 atom stereocenters. The number of fused-ring (bicyclic) bond motifs is 7. The van der Waals surface area contributed by atoms with Crippen molar-refractivity contribution in [3.63, 3.8) is 0 Å². The van der Waals surface area contributed by atoms with Crippen molar-refractivity contribution in [2.75, 3.05) is 0 Å². The zero-order valence-electron chi connectivity index (χ0n) is 35.4. The summed E-state index contributed by atoms with van der Waals surface area (Å²) in [4.78, 5) is 11.0. The minimum atomic E-state index is 0.668. The third-order valence-corrected chi connectivity index (χ3v) is 13.1. The molecule has 65 heavy (non-hydrogen) atoms. The van der Waals surface area contributed by atoms with Crippen molar-refractivity contribution in [3.05, 3.63) is 237 Å². The van der Waals surface area contributed by atoms with Crippen LogP contribution in [0.4, 0.5) is 0 Å². The van der Waals surface area contributed by atoms with Gasteiger partial charge in [0, 0.05) is 33.0 Å². The lowest BCUT2D eigenvalue weighted by Crippen LogP contribution is -2.02. The van der Waals surface area contributed by atoms with Gasteiger partial charge in [-0.15, -0.1) is 0 Å². The molecule has 302 valence electrons. The van der Waals surface area contributed by atoms with Crippen LogP contribution in [0.25, 0.3) is 127 Å². The highest BCUT2D eigenvalue weighted by Gasteiger charge is 2.23. The molecule has 2 aromatic heterocycles. The van der Waals surface area contributed by atoms with Gasteiger partial charge < -0.3 is 4.57 Å². The SMILES string of the molecule is c1ccc(-c2cc(-c3ccc4ccccc4c3)nc(-c3cc(-c4ccc5ccccc5c4)c(-n4c5cc6ccccc6cc5c5cc6ccccc6cc54)cc3-c3ccccc3)n2)cc1. The van der Waals surface area contributed by atoms with Gasteiger partial charge in [0.05, 0.1) is 28.1 Å². The van der Waals surface area contributed by atoms with E-state index in [0.717, 1.165) is 67.1 Å². The Morgan fingerprint density at radius 2 is 0.692 bits per heavy atom. The number of hydrogen-bond acceptors (Lipinski definition) is 2. The predicted octanol–water partition coefficient (Wildman–Crippen LogP) is 16.5. The Bertz CT molecular complexity index is 3900. The molecule has 0 spiro atoms. The summed E-state index contributed by atoms with van der Waals surface area (Å²) in [6.07, 6.45) is 0. The van der Waals surface area contributed by atoms with E-state index in [-0.39, 0.29) is 0 Å². The van der Waals surface area contributed by atoms with Crippen LogP contribution in [0, 0.1) is 0 Å². The number of benzene rings is 11. The van der Waals surface area contributed by atoms with Crippen molar-refractivity contribution in [3.8, 4) is 61.8 Å². The zero-order chi connectivity index (χ0) is 42.8. The van der Waals surface area contributed by atoms with E-state index >= 15 is 0 Å². The molecule has 0 aliphatic heterocycles. The Morgan fingerprint density at radius 3 is 1.25 bits per heavy atom. The number of rotatable bonds is 6. The molecule has 13 aromatic rings. The average molecular weight is 826 g/mol. The van der Waals surface area contributed by atoms with Crippen molar-refractivity contribution >= 4 is 64.9 Å². The first-order valence-corrected chi connectivity index (χ1v) is 22.2.